The van der Waals surface area contributed by atoms with Crippen molar-refractivity contribution in [3.05, 3.63) is 16.1 Å². The average molecular weight is 239 g/mol. The summed E-state index contributed by atoms with van der Waals surface area (Å²) >= 11 is 1.78. The highest BCUT2D eigenvalue weighted by Crippen LogP contribution is 2.26. The van der Waals surface area contributed by atoms with Gasteiger partial charge in [-0.05, 0) is 19.3 Å². The van der Waals surface area contributed by atoms with E-state index in [2.05, 4.69) is 26.2 Å². The van der Waals surface area contributed by atoms with Gasteiger partial charge in [0.1, 0.15) is 0 Å². The van der Waals surface area contributed by atoms with E-state index in [4.69, 9.17) is 9.72 Å². The maximum atomic E-state index is 5.74. The van der Waals surface area contributed by atoms with Gasteiger partial charge in [0.15, 0.2) is 0 Å². The molecule has 16 heavy (non-hydrogen) atoms. The highest BCUT2D eigenvalue weighted by Gasteiger charge is 2.20. The molecule has 0 saturated carbocycles. The summed E-state index contributed by atoms with van der Waals surface area (Å²) in [5, 5.41) is 3.43. The predicted octanol–water partition coefficient (Wildman–Crippen LogP) is 3.55. The molecule has 1 atom stereocenters. The van der Waals surface area contributed by atoms with Crippen molar-refractivity contribution in [3.8, 4) is 0 Å². The number of aromatic nitrogens is 1. The summed E-state index contributed by atoms with van der Waals surface area (Å²) in [4.78, 5) is 4.71. The van der Waals surface area contributed by atoms with Crippen LogP contribution in [0, 0.1) is 0 Å². The van der Waals surface area contributed by atoms with Crippen molar-refractivity contribution in [2.75, 3.05) is 6.61 Å². The van der Waals surface area contributed by atoms with Gasteiger partial charge in [-0.1, -0.05) is 20.8 Å². The van der Waals surface area contributed by atoms with Crippen LogP contribution in [-0.4, -0.2) is 17.7 Å². The summed E-state index contributed by atoms with van der Waals surface area (Å²) in [7, 11) is 0. The zero-order valence-corrected chi connectivity index (χ0v) is 11.3. The van der Waals surface area contributed by atoms with Crippen LogP contribution in [0.1, 0.15) is 50.7 Å². The van der Waals surface area contributed by atoms with Gasteiger partial charge in [0.25, 0.3) is 0 Å². The molecule has 0 radical (unpaired) electrons. The largest absolute Gasteiger partial charge is 0.378 e. The maximum Gasteiger partial charge on any atom is 0.0954 e. The lowest BCUT2D eigenvalue weighted by atomic mass is 9.93. The fraction of sp³-hybridized carbons (Fsp3) is 0.769. The van der Waals surface area contributed by atoms with E-state index in [9.17, 15) is 0 Å². The van der Waals surface area contributed by atoms with Crippen LogP contribution >= 0.6 is 11.3 Å². The third-order valence-electron chi connectivity index (χ3n) is 3.00. The highest BCUT2D eigenvalue weighted by atomic mass is 32.1. The SMILES string of the molecule is CC(C)(C)c1csc(CC2CCCCO2)n1. The van der Waals surface area contributed by atoms with Crippen LogP contribution in [0.15, 0.2) is 5.38 Å². The highest BCUT2D eigenvalue weighted by molar-refractivity contribution is 7.09. The minimum Gasteiger partial charge on any atom is -0.378 e. The monoisotopic (exact) mass is 239 g/mol. The van der Waals surface area contributed by atoms with Gasteiger partial charge in [0, 0.05) is 23.8 Å². The molecule has 1 aromatic heterocycles. The second kappa shape index (κ2) is 4.84. The Hall–Kier alpha value is -0.410. The van der Waals surface area contributed by atoms with Crippen molar-refractivity contribution in [3.63, 3.8) is 0 Å². The first-order valence-electron chi connectivity index (χ1n) is 6.12. The van der Waals surface area contributed by atoms with Gasteiger partial charge in [-0.25, -0.2) is 4.98 Å². The number of rotatable bonds is 2. The molecule has 0 spiro atoms. The molecule has 1 fully saturated rings. The van der Waals surface area contributed by atoms with Gasteiger partial charge in [0.2, 0.25) is 0 Å². The van der Waals surface area contributed by atoms with E-state index in [-0.39, 0.29) is 5.41 Å². The summed E-state index contributed by atoms with van der Waals surface area (Å²) < 4.78 is 5.74. The zero-order chi connectivity index (χ0) is 11.6. The lowest BCUT2D eigenvalue weighted by molar-refractivity contribution is 0.0167. The lowest BCUT2D eigenvalue weighted by Crippen LogP contribution is -2.21. The minimum atomic E-state index is 0.169. The molecule has 0 aromatic carbocycles. The minimum absolute atomic E-state index is 0.169. The standard InChI is InChI=1S/C13H21NOS/c1-13(2,3)11-9-16-12(14-11)8-10-6-4-5-7-15-10/h9-10H,4-8H2,1-3H3. The Kier molecular flexibility index (Phi) is 3.65. The van der Waals surface area contributed by atoms with Gasteiger partial charge in [0.05, 0.1) is 16.8 Å². The molecule has 1 saturated heterocycles. The molecule has 0 amide bonds. The molecule has 2 heterocycles. The molecule has 0 N–H and O–H groups in total. The number of thiazole rings is 1. The Morgan fingerprint density at radius 1 is 1.44 bits per heavy atom. The van der Waals surface area contributed by atoms with Crippen molar-refractivity contribution in [1.29, 1.82) is 0 Å². The number of hydrogen-bond acceptors (Lipinski definition) is 3. The van der Waals surface area contributed by atoms with Gasteiger partial charge < -0.3 is 4.74 Å². The Labute approximate surface area is 102 Å². The third-order valence-corrected chi connectivity index (χ3v) is 3.87. The van der Waals surface area contributed by atoms with Crippen molar-refractivity contribution in [1.82, 2.24) is 4.98 Å². The topological polar surface area (TPSA) is 22.1 Å². The molecule has 2 nitrogen and oxygen atoms in total. The molecular weight excluding hydrogens is 218 g/mol. The summed E-state index contributed by atoms with van der Waals surface area (Å²) in [6, 6.07) is 0. The number of nitrogens with zero attached hydrogens (tertiary/aromatic N) is 1. The van der Waals surface area contributed by atoms with Gasteiger partial charge in [-0.3, -0.25) is 0 Å². The summed E-state index contributed by atoms with van der Waals surface area (Å²) in [5.74, 6) is 0. The Morgan fingerprint density at radius 3 is 2.81 bits per heavy atom. The maximum absolute atomic E-state index is 5.74. The van der Waals surface area contributed by atoms with Crippen molar-refractivity contribution in [2.24, 2.45) is 0 Å². The quantitative estimate of drug-likeness (QED) is 0.787. The van der Waals surface area contributed by atoms with Crippen LogP contribution in [0.2, 0.25) is 0 Å². The number of ether oxygens (including phenoxy) is 1. The smallest absolute Gasteiger partial charge is 0.0954 e. The molecule has 1 unspecified atom stereocenters. The molecule has 1 aliphatic rings. The second-order valence-electron chi connectivity index (χ2n) is 5.57. The van der Waals surface area contributed by atoms with E-state index in [1.807, 2.05) is 0 Å². The summed E-state index contributed by atoms with van der Waals surface area (Å²) in [6.45, 7) is 7.57. The van der Waals surface area contributed by atoms with E-state index in [0.29, 0.717) is 6.10 Å². The van der Waals surface area contributed by atoms with Crippen LogP contribution < -0.4 is 0 Å². The van der Waals surface area contributed by atoms with E-state index in [0.717, 1.165) is 13.0 Å². The summed E-state index contributed by atoms with van der Waals surface area (Å²) in [5.41, 5.74) is 1.38. The molecule has 90 valence electrons. The molecule has 3 heteroatoms. The Bertz CT molecular complexity index is 334. The van der Waals surface area contributed by atoms with Gasteiger partial charge >= 0.3 is 0 Å². The van der Waals surface area contributed by atoms with Crippen LogP contribution in [-0.2, 0) is 16.6 Å². The fourth-order valence-electron chi connectivity index (χ4n) is 1.91. The van der Waals surface area contributed by atoms with E-state index >= 15 is 0 Å². The van der Waals surface area contributed by atoms with Gasteiger partial charge in [-0.2, -0.15) is 0 Å². The second-order valence-corrected chi connectivity index (χ2v) is 6.51. The first-order chi connectivity index (χ1) is 7.55. The fourth-order valence-corrected chi connectivity index (χ4v) is 3.00. The van der Waals surface area contributed by atoms with E-state index < -0.39 is 0 Å². The van der Waals surface area contributed by atoms with E-state index in [1.165, 1.54) is 30.0 Å². The summed E-state index contributed by atoms with van der Waals surface area (Å²) in [6.07, 6.45) is 5.14. The Balaban J connectivity index is 1.97. The van der Waals surface area contributed by atoms with Crippen LogP contribution in [0.3, 0.4) is 0 Å². The molecule has 1 aromatic rings. The first kappa shape index (κ1) is 12.1. The molecule has 0 aliphatic carbocycles. The zero-order valence-electron chi connectivity index (χ0n) is 10.5. The van der Waals surface area contributed by atoms with Crippen LogP contribution in [0.25, 0.3) is 0 Å². The molecular formula is C13H21NOS. The lowest BCUT2D eigenvalue weighted by Gasteiger charge is -2.21. The van der Waals surface area contributed by atoms with E-state index in [1.54, 1.807) is 11.3 Å². The van der Waals surface area contributed by atoms with Crippen molar-refractivity contribution >= 4 is 11.3 Å². The van der Waals surface area contributed by atoms with Gasteiger partial charge in [-0.15, -0.1) is 11.3 Å². The first-order valence-corrected chi connectivity index (χ1v) is 7.00. The van der Waals surface area contributed by atoms with Crippen LogP contribution in [0.4, 0.5) is 0 Å². The predicted molar refractivity (Wildman–Crippen MR) is 68.1 cm³/mol. The van der Waals surface area contributed by atoms with Crippen molar-refractivity contribution < 1.29 is 4.74 Å². The van der Waals surface area contributed by atoms with Crippen LogP contribution in [0.5, 0.6) is 0 Å². The Morgan fingerprint density at radius 2 is 2.25 bits per heavy atom. The normalized spacial score (nSPS) is 22.3. The van der Waals surface area contributed by atoms with Crippen molar-refractivity contribution in [2.45, 2.75) is 58.0 Å². The molecule has 1 aliphatic heterocycles. The third kappa shape index (κ3) is 3.05. The molecule has 2 rings (SSSR count). The average Bonchev–Trinajstić information content (AvgIpc) is 2.67. The number of hydrogen-bond donors (Lipinski definition) is 0. The molecule has 0 bridgehead atoms.